The topological polar surface area (TPSA) is 421 Å². The van der Waals surface area contributed by atoms with E-state index >= 15 is 0 Å². The van der Waals surface area contributed by atoms with E-state index in [2.05, 4.69) is 53.2 Å². The van der Waals surface area contributed by atoms with Gasteiger partial charge in [-0.05, 0) is 87.2 Å². The molecular weight excluding hydrogens is 1020 g/mol. The van der Waals surface area contributed by atoms with Gasteiger partial charge in [-0.2, -0.15) is 11.8 Å². The number of aliphatic hydroxyl groups is 2. The zero-order valence-corrected chi connectivity index (χ0v) is 47.9. The second-order valence-corrected chi connectivity index (χ2v) is 21.4. The van der Waals surface area contributed by atoms with Crippen molar-refractivity contribution in [3.8, 4) is 0 Å². The summed E-state index contributed by atoms with van der Waals surface area (Å²) in [4.78, 5) is 146. The Labute approximate surface area is 457 Å². The number of carboxylic acid groups (broad SMARTS) is 1. The van der Waals surface area contributed by atoms with Crippen molar-refractivity contribution in [2.75, 3.05) is 38.3 Å². The summed E-state index contributed by atoms with van der Waals surface area (Å²) in [5, 5.41) is 54.7. The van der Waals surface area contributed by atoms with Crippen LogP contribution in [0.1, 0.15) is 121 Å². The summed E-state index contributed by atoms with van der Waals surface area (Å²) in [6.07, 6.45) is 3.82. The number of thioether (sulfide) groups is 1. The summed E-state index contributed by atoms with van der Waals surface area (Å²) in [5.41, 5.74) is 11.8. The molecule has 0 heterocycles. The van der Waals surface area contributed by atoms with Gasteiger partial charge in [0, 0.05) is 0 Å². The average molecular weight is 1120 g/mol. The van der Waals surface area contributed by atoms with Crippen molar-refractivity contribution >= 4 is 76.8 Å². The molecule has 17 N–H and O–H groups in total. The van der Waals surface area contributed by atoms with Crippen LogP contribution in [0.25, 0.3) is 0 Å². The molecule has 27 heteroatoms. The van der Waals surface area contributed by atoms with Crippen LogP contribution < -0.4 is 64.6 Å². The van der Waals surface area contributed by atoms with Crippen molar-refractivity contribution < 1.29 is 68.1 Å². The number of amides is 10. The lowest BCUT2D eigenvalue weighted by Gasteiger charge is -2.28. The molecule has 442 valence electrons. The fourth-order valence-corrected chi connectivity index (χ4v) is 7.85. The van der Waals surface area contributed by atoms with Gasteiger partial charge in [-0.1, -0.05) is 82.1 Å². The maximum absolute atomic E-state index is 14.1. The summed E-state index contributed by atoms with van der Waals surface area (Å²) in [7, 11) is 0. The lowest BCUT2D eigenvalue weighted by molar-refractivity contribution is -0.143. The fourth-order valence-electron chi connectivity index (χ4n) is 7.38. The second kappa shape index (κ2) is 37.2. The molecule has 0 aromatic rings. The van der Waals surface area contributed by atoms with Crippen LogP contribution in [0.5, 0.6) is 0 Å². The number of hydrogen-bond acceptors (Lipinski definition) is 16. The van der Waals surface area contributed by atoms with Crippen molar-refractivity contribution in [1.82, 2.24) is 53.2 Å². The van der Waals surface area contributed by atoms with E-state index in [1.165, 1.54) is 18.7 Å². The molecule has 0 saturated heterocycles. The molecule has 0 aliphatic carbocycles. The highest BCUT2D eigenvalue weighted by molar-refractivity contribution is 7.98. The third kappa shape index (κ3) is 26.0. The predicted molar refractivity (Wildman–Crippen MR) is 290 cm³/mol. The van der Waals surface area contributed by atoms with Crippen molar-refractivity contribution in [1.29, 1.82) is 0 Å². The molecule has 12 atom stereocenters. The third-order valence-electron chi connectivity index (χ3n) is 12.8. The van der Waals surface area contributed by atoms with E-state index in [1.807, 2.05) is 6.92 Å². The molecule has 77 heavy (non-hydrogen) atoms. The highest BCUT2D eigenvalue weighted by Crippen LogP contribution is 2.13. The zero-order valence-electron chi connectivity index (χ0n) is 47.0. The maximum atomic E-state index is 14.1. The SMILES string of the molecule is CC[C@H](C)[C@H](N)C(=O)N[C@H](C(=O)N[C@@H](CO)C(=O)N[C@@H](C)C(=O)N[C@@H](CO)C(=O)N[C@@H](CC(C)C)C(=O)N[C@@H](CCCCN)C(=O)N[C@@H](CCSC)C(=O)N[C@H](C(=O)NCC(=O)N[C@H](C(=O)O)C(C)C)C(C)C)[C@@H](C)CC. The standard InChI is InChI=1S/C50H92N12O14S/c1-13-28(9)37(52)47(72)62-40(29(10)14-2)49(74)59-34(23-63)45(70)54-30(11)41(66)58-35(24-64)46(71)57-33(21-25(3)4)44(69)55-31(17-15-16-19-51)42(67)56-32(18-20-77-12)43(68)61-38(26(5)6)48(73)53-22-36(65)60-39(27(7)8)50(75)76/h25-35,37-40,63-64H,13-24,51-52H2,1-12H3,(H,53,73)(H,54,70)(H,55,69)(H,56,67)(H,57,71)(H,58,66)(H,59,74)(H,60,65)(H,61,68)(H,62,72)(H,75,76)/t28-,29-,30-,31-,32-,33-,34-,35-,37-,38-,39-,40-/m0/s1. The molecule has 0 fully saturated rings. The number of carbonyl (C=O) groups is 11. The van der Waals surface area contributed by atoms with E-state index in [0.29, 0.717) is 31.4 Å². The summed E-state index contributed by atoms with van der Waals surface area (Å²) in [5.74, 6) is -10.8. The molecule has 10 amide bonds. The third-order valence-corrected chi connectivity index (χ3v) is 13.5. The van der Waals surface area contributed by atoms with E-state index in [-0.39, 0.29) is 37.6 Å². The van der Waals surface area contributed by atoms with Gasteiger partial charge < -0.3 is 80.0 Å². The number of aliphatic hydroxyl groups excluding tert-OH is 2. The van der Waals surface area contributed by atoms with Gasteiger partial charge in [0.1, 0.15) is 54.4 Å². The van der Waals surface area contributed by atoms with Gasteiger partial charge in [0.2, 0.25) is 59.1 Å². The number of hydrogen-bond donors (Lipinski definition) is 15. The number of aliphatic carboxylic acids is 1. The lowest BCUT2D eigenvalue weighted by Crippen LogP contribution is -2.61. The van der Waals surface area contributed by atoms with Crippen LogP contribution in [0.4, 0.5) is 0 Å². The summed E-state index contributed by atoms with van der Waals surface area (Å²) < 4.78 is 0. The van der Waals surface area contributed by atoms with Gasteiger partial charge in [-0.25, -0.2) is 4.79 Å². The van der Waals surface area contributed by atoms with Crippen LogP contribution in [0.3, 0.4) is 0 Å². The first-order valence-corrected chi connectivity index (χ1v) is 27.8. The highest BCUT2D eigenvalue weighted by atomic mass is 32.2. The Morgan fingerprint density at radius 3 is 1.43 bits per heavy atom. The van der Waals surface area contributed by atoms with E-state index in [4.69, 9.17) is 11.5 Å². The van der Waals surface area contributed by atoms with Crippen LogP contribution >= 0.6 is 11.8 Å². The Morgan fingerprint density at radius 2 is 0.948 bits per heavy atom. The quantitative estimate of drug-likeness (QED) is 0.0278. The normalized spacial score (nSPS) is 16.0. The Balaban J connectivity index is 6.22. The second-order valence-electron chi connectivity index (χ2n) is 20.5. The summed E-state index contributed by atoms with van der Waals surface area (Å²) in [6.45, 7) is 16.2. The first-order valence-electron chi connectivity index (χ1n) is 26.4. The monoisotopic (exact) mass is 1120 g/mol. The minimum atomic E-state index is -1.67. The average Bonchev–Trinajstić information content (AvgIpc) is 3.37. The number of carbonyl (C=O) groups excluding carboxylic acids is 10. The lowest BCUT2D eigenvalue weighted by atomic mass is 9.95. The summed E-state index contributed by atoms with van der Waals surface area (Å²) >= 11 is 1.38. The van der Waals surface area contributed by atoms with Crippen LogP contribution in [0, 0.1) is 29.6 Å². The van der Waals surface area contributed by atoms with Gasteiger partial charge >= 0.3 is 5.97 Å². The van der Waals surface area contributed by atoms with Gasteiger partial charge in [0.15, 0.2) is 0 Å². The van der Waals surface area contributed by atoms with E-state index in [9.17, 15) is 68.1 Å². The molecule has 0 aliphatic rings. The maximum Gasteiger partial charge on any atom is 0.326 e. The first kappa shape index (κ1) is 71.4. The number of unbranched alkanes of at least 4 members (excludes halogenated alkanes) is 1. The molecule has 0 aliphatic heterocycles. The van der Waals surface area contributed by atoms with Crippen LogP contribution in [-0.2, 0) is 52.7 Å². The van der Waals surface area contributed by atoms with Crippen LogP contribution in [-0.4, -0.2) is 179 Å². The molecule has 0 aromatic heterocycles. The number of rotatable bonds is 38. The molecular formula is C50H92N12O14S. The smallest absolute Gasteiger partial charge is 0.326 e. The molecule has 0 saturated carbocycles. The first-order chi connectivity index (χ1) is 36.0. The predicted octanol–water partition coefficient (Wildman–Crippen LogP) is -2.79. The van der Waals surface area contributed by atoms with E-state index in [1.54, 1.807) is 68.6 Å². The molecule has 0 radical (unpaired) electrons. The highest BCUT2D eigenvalue weighted by Gasteiger charge is 2.36. The van der Waals surface area contributed by atoms with Crippen molar-refractivity contribution in [3.63, 3.8) is 0 Å². The summed E-state index contributed by atoms with van der Waals surface area (Å²) in [6, 6.07) is -12.9. The van der Waals surface area contributed by atoms with Gasteiger partial charge in [0.25, 0.3) is 0 Å². The Morgan fingerprint density at radius 1 is 0.494 bits per heavy atom. The van der Waals surface area contributed by atoms with Crippen molar-refractivity contribution in [3.05, 3.63) is 0 Å². The molecule has 0 bridgehead atoms. The molecule has 0 aromatic carbocycles. The van der Waals surface area contributed by atoms with Gasteiger partial charge in [-0.3, -0.25) is 47.9 Å². The number of carboxylic acids is 1. The molecule has 0 unspecified atom stereocenters. The number of nitrogens with two attached hydrogens (primary N) is 2. The van der Waals surface area contributed by atoms with E-state index in [0.717, 1.165) is 0 Å². The molecule has 0 spiro atoms. The fraction of sp³-hybridized carbons (Fsp3) is 0.780. The van der Waals surface area contributed by atoms with Gasteiger partial charge in [-0.15, -0.1) is 0 Å². The zero-order chi connectivity index (χ0) is 59.3. The van der Waals surface area contributed by atoms with Crippen LogP contribution in [0.15, 0.2) is 0 Å². The number of nitrogens with one attached hydrogen (secondary N) is 10. The minimum absolute atomic E-state index is 0.0186. The Bertz CT molecular complexity index is 1950. The molecule has 26 nitrogen and oxygen atoms in total. The van der Waals surface area contributed by atoms with Crippen LogP contribution in [0.2, 0.25) is 0 Å². The minimum Gasteiger partial charge on any atom is -0.480 e. The Kier molecular flexibility index (Phi) is 34.5. The van der Waals surface area contributed by atoms with Crippen molar-refractivity contribution in [2.45, 2.75) is 182 Å². The van der Waals surface area contributed by atoms with Gasteiger partial charge in [0.05, 0.1) is 25.8 Å². The largest absolute Gasteiger partial charge is 0.480 e. The Hall–Kier alpha value is -5.64. The molecule has 0 rings (SSSR count). The van der Waals surface area contributed by atoms with E-state index < -0.39 is 163 Å². The van der Waals surface area contributed by atoms with Crippen molar-refractivity contribution in [2.24, 2.45) is 41.1 Å².